The lowest BCUT2D eigenvalue weighted by Crippen LogP contribution is -2.21. The molecule has 2 N–H and O–H groups in total. The van der Waals surface area contributed by atoms with Crippen molar-refractivity contribution in [3.05, 3.63) is 29.6 Å². The van der Waals surface area contributed by atoms with Gasteiger partial charge in [0, 0.05) is 6.54 Å². The zero-order chi connectivity index (χ0) is 14.4. The monoisotopic (exact) mass is 276 g/mol. The van der Waals surface area contributed by atoms with Gasteiger partial charge < -0.3 is 10.4 Å². The van der Waals surface area contributed by atoms with Crippen molar-refractivity contribution in [1.29, 1.82) is 0 Å². The molecule has 0 aromatic carbocycles. The van der Waals surface area contributed by atoms with Crippen molar-refractivity contribution < 1.29 is 9.90 Å². The van der Waals surface area contributed by atoms with Gasteiger partial charge in [-0.15, -0.1) is 0 Å². The highest BCUT2D eigenvalue weighted by Crippen LogP contribution is 2.29. The van der Waals surface area contributed by atoms with Gasteiger partial charge in [0.1, 0.15) is 5.69 Å². The van der Waals surface area contributed by atoms with E-state index in [1.54, 1.807) is 6.07 Å². The van der Waals surface area contributed by atoms with Crippen LogP contribution in [0, 0.1) is 11.8 Å². The Morgan fingerprint density at radius 3 is 2.80 bits per heavy atom. The molecule has 1 fully saturated rings. The minimum absolute atomic E-state index is 0.116. The Kier molecular flexibility index (Phi) is 5.53. The smallest absolute Gasteiger partial charge is 0.354 e. The molecule has 1 heterocycles. The minimum Gasteiger partial charge on any atom is -0.477 e. The van der Waals surface area contributed by atoms with Gasteiger partial charge in [0.05, 0.1) is 5.69 Å². The molecule has 1 aliphatic carbocycles. The van der Waals surface area contributed by atoms with Gasteiger partial charge in [0.25, 0.3) is 0 Å². The summed E-state index contributed by atoms with van der Waals surface area (Å²) in [5.74, 6) is 0.794. The lowest BCUT2D eigenvalue weighted by Gasteiger charge is -2.26. The average Bonchev–Trinajstić information content (AvgIpc) is 2.46. The molecule has 0 unspecified atom stereocenters. The summed E-state index contributed by atoms with van der Waals surface area (Å²) in [5.41, 5.74) is 0.910. The van der Waals surface area contributed by atoms with Crippen LogP contribution in [0.3, 0.4) is 0 Å². The molecule has 2 rings (SSSR count). The highest BCUT2D eigenvalue weighted by Gasteiger charge is 2.17. The van der Waals surface area contributed by atoms with E-state index in [0.717, 1.165) is 24.1 Å². The molecule has 4 heteroatoms. The summed E-state index contributed by atoms with van der Waals surface area (Å²) in [6.07, 6.45) is 6.66. The molecule has 1 aromatic rings. The van der Waals surface area contributed by atoms with E-state index < -0.39 is 5.97 Å². The number of aromatic nitrogens is 1. The summed E-state index contributed by atoms with van der Waals surface area (Å²) in [4.78, 5) is 14.9. The van der Waals surface area contributed by atoms with E-state index in [1.165, 1.54) is 38.2 Å². The van der Waals surface area contributed by atoms with Crippen LogP contribution in [-0.2, 0) is 6.54 Å². The molecule has 0 spiro atoms. The molecule has 0 amide bonds. The molecule has 0 radical (unpaired) electrons. The summed E-state index contributed by atoms with van der Waals surface area (Å²) in [7, 11) is 0. The van der Waals surface area contributed by atoms with Crippen LogP contribution in [0.25, 0.3) is 0 Å². The summed E-state index contributed by atoms with van der Waals surface area (Å²) in [5, 5.41) is 12.3. The van der Waals surface area contributed by atoms with E-state index >= 15 is 0 Å². The quantitative estimate of drug-likeness (QED) is 0.784. The summed E-state index contributed by atoms with van der Waals surface area (Å²) in [6.45, 7) is 3.97. The van der Waals surface area contributed by atoms with Crippen molar-refractivity contribution >= 4 is 5.97 Å². The largest absolute Gasteiger partial charge is 0.477 e. The van der Waals surface area contributed by atoms with E-state index in [9.17, 15) is 4.79 Å². The number of nitrogens with one attached hydrogen (secondary N) is 1. The first-order valence-corrected chi connectivity index (χ1v) is 7.55. The second-order valence-electron chi connectivity index (χ2n) is 5.91. The topological polar surface area (TPSA) is 62.2 Å². The SMILES string of the molecule is CC1CCC(CCNCc2cccc(C(=O)O)n2)CC1. The van der Waals surface area contributed by atoms with Crippen LogP contribution in [0.5, 0.6) is 0 Å². The molecule has 1 saturated carbocycles. The second-order valence-corrected chi connectivity index (χ2v) is 5.91. The van der Waals surface area contributed by atoms with E-state index in [-0.39, 0.29) is 5.69 Å². The third-order valence-corrected chi connectivity index (χ3v) is 4.20. The van der Waals surface area contributed by atoms with Crippen molar-refractivity contribution in [2.45, 2.75) is 45.6 Å². The van der Waals surface area contributed by atoms with E-state index in [0.29, 0.717) is 6.54 Å². The van der Waals surface area contributed by atoms with Gasteiger partial charge >= 0.3 is 5.97 Å². The van der Waals surface area contributed by atoms with Crippen molar-refractivity contribution in [2.24, 2.45) is 11.8 Å². The summed E-state index contributed by atoms with van der Waals surface area (Å²) >= 11 is 0. The zero-order valence-corrected chi connectivity index (χ0v) is 12.1. The zero-order valence-electron chi connectivity index (χ0n) is 12.1. The molecule has 1 aromatic heterocycles. The molecular weight excluding hydrogens is 252 g/mol. The van der Waals surface area contributed by atoms with Gasteiger partial charge in [-0.3, -0.25) is 0 Å². The van der Waals surface area contributed by atoms with E-state index in [1.807, 2.05) is 6.07 Å². The van der Waals surface area contributed by atoms with Gasteiger partial charge in [-0.05, 0) is 36.9 Å². The van der Waals surface area contributed by atoms with Crippen LogP contribution in [0.2, 0.25) is 0 Å². The van der Waals surface area contributed by atoms with Crippen LogP contribution in [0.1, 0.15) is 55.2 Å². The maximum atomic E-state index is 10.8. The van der Waals surface area contributed by atoms with Gasteiger partial charge in [-0.25, -0.2) is 9.78 Å². The van der Waals surface area contributed by atoms with Crippen molar-refractivity contribution in [1.82, 2.24) is 10.3 Å². The Bertz CT molecular complexity index is 440. The van der Waals surface area contributed by atoms with Crippen LogP contribution in [-0.4, -0.2) is 22.6 Å². The molecule has 1 aliphatic rings. The lowest BCUT2D eigenvalue weighted by atomic mass is 9.81. The van der Waals surface area contributed by atoms with Gasteiger partial charge in [-0.2, -0.15) is 0 Å². The maximum absolute atomic E-state index is 10.8. The average molecular weight is 276 g/mol. The van der Waals surface area contributed by atoms with Gasteiger partial charge in [0.15, 0.2) is 0 Å². The molecule has 4 nitrogen and oxygen atoms in total. The van der Waals surface area contributed by atoms with Crippen LogP contribution < -0.4 is 5.32 Å². The molecule has 20 heavy (non-hydrogen) atoms. The molecule has 0 aliphatic heterocycles. The Morgan fingerprint density at radius 1 is 1.35 bits per heavy atom. The highest BCUT2D eigenvalue weighted by molar-refractivity contribution is 5.85. The van der Waals surface area contributed by atoms with Crippen molar-refractivity contribution in [3.8, 4) is 0 Å². The number of hydrogen-bond acceptors (Lipinski definition) is 3. The first kappa shape index (κ1) is 15.0. The molecule has 0 saturated heterocycles. The van der Waals surface area contributed by atoms with Gasteiger partial charge in [0.2, 0.25) is 0 Å². The van der Waals surface area contributed by atoms with Crippen LogP contribution in [0.4, 0.5) is 0 Å². The first-order chi connectivity index (χ1) is 9.65. The number of pyridine rings is 1. The second kappa shape index (κ2) is 7.39. The normalized spacial score (nSPS) is 22.6. The van der Waals surface area contributed by atoms with Crippen LogP contribution in [0.15, 0.2) is 18.2 Å². The number of nitrogens with zero attached hydrogens (tertiary/aromatic N) is 1. The number of carbonyl (C=O) groups is 1. The Morgan fingerprint density at radius 2 is 2.10 bits per heavy atom. The fourth-order valence-corrected chi connectivity index (χ4v) is 2.84. The number of aromatic carboxylic acids is 1. The Labute approximate surface area is 120 Å². The summed E-state index contributed by atoms with van der Waals surface area (Å²) < 4.78 is 0. The standard InChI is InChI=1S/C16H24N2O2/c1-12-5-7-13(8-6-12)9-10-17-11-14-3-2-4-15(18-14)16(19)20/h2-4,12-13,17H,5-11H2,1H3,(H,19,20). The maximum Gasteiger partial charge on any atom is 0.354 e. The third-order valence-electron chi connectivity index (χ3n) is 4.20. The highest BCUT2D eigenvalue weighted by atomic mass is 16.4. The van der Waals surface area contributed by atoms with Crippen molar-refractivity contribution in [3.63, 3.8) is 0 Å². The number of carboxylic acid groups (broad SMARTS) is 1. The third kappa shape index (κ3) is 4.60. The first-order valence-electron chi connectivity index (χ1n) is 7.55. The summed E-state index contributed by atoms with van der Waals surface area (Å²) in [6, 6.07) is 5.13. The predicted octanol–water partition coefficient (Wildman–Crippen LogP) is 3.09. The Hall–Kier alpha value is -1.42. The van der Waals surface area contributed by atoms with Gasteiger partial charge in [-0.1, -0.05) is 38.7 Å². The van der Waals surface area contributed by atoms with Crippen LogP contribution >= 0.6 is 0 Å². The molecular formula is C16H24N2O2. The molecule has 110 valence electrons. The number of carboxylic acids is 1. The molecule has 0 bridgehead atoms. The van der Waals surface area contributed by atoms with Crippen molar-refractivity contribution in [2.75, 3.05) is 6.54 Å². The molecule has 0 atom stereocenters. The van der Waals surface area contributed by atoms with E-state index in [2.05, 4.69) is 17.2 Å². The Balaban J connectivity index is 1.68. The number of rotatable bonds is 6. The lowest BCUT2D eigenvalue weighted by molar-refractivity contribution is 0.0690. The minimum atomic E-state index is -0.969. The number of hydrogen-bond donors (Lipinski definition) is 2. The van der Waals surface area contributed by atoms with E-state index in [4.69, 9.17) is 5.11 Å². The fourth-order valence-electron chi connectivity index (χ4n) is 2.84. The predicted molar refractivity (Wildman–Crippen MR) is 78.6 cm³/mol. The fraction of sp³-hybridized carbons (Fsp3) is 0.625.